The van der Waals surface area contributed by atoms with Crippen molar-refractivity contribution < 1.29 is 9.18 Å². The Bertz CT molecular complexity index is 487. The monoisotopic (exact) mass is 284 g/mol. The number of thiocarbonyl (C=S) groups is 1. The van der Waals surface area contributed by atoms with Crippen molar-refractivity contribution in [1.82, 2.24) is 0 Å². The first-order chi connectivity index (χ1) is 8.59. The Morgan fingerprint density at radius 1 is 1.56 bits per heavy atom. The maximum absolute atomic E-state index is 13.6. The van der Waals surface area contributed by atoms with Gasteiger partial charge in [-0.3, -0.25) is 4.79 Å². The number of carbonyl (C=O) groups excluding carboxylic acids is 1. The van der Waals surface area contributed by atoms with Crippen LogP contribution in [0.1, 0.15) is 18.4 Å². The Kier molecular flexibility index (Phi) is 4.19. The summed E-state index contributed by atoms with van der Waals surface area (Å²) in [6.45, 7) is 0. The quantitative estimate of drug-likeness (QED) is 0.836. The smallest absolute Gasteiger partial charge is 0.237 e. The molecule has 18 heavy (non-hydrogen) atoms. The van der Waals surface area contributed by atoms with Crippen LogP contribution in [-0.4, -0.2) is 21.9 Å². The number of amides is 1. The number of nitrogens with one attached hydrogen (secondary N) is 1. The number of nitrogens with two attached hydrogens (primary N) is 1. The van der Waals surface area contributed by atoms with E-state index in [4.69, 9.17) is 18.0 Å². The van der Waals surface area contributed by atoms with E-state index in [1.165, 1.54) is 12.1 Å². The Morgan fingerprint density at radius 2 is 2.33 bits per heavy atom. The highest BCUT2D eigenvalue weighted by Gasteiger charge is 2.24. The summed E-state index contributed by atoms with van der Waals surface area (Å²) in [5.74, 6) is 0.364. The molecule has 1 aromatic rings. The minimum Gasteiger partial charge on any atom is -0.389 e. The molecule has 1 heterocycles. The van der Waals surface area contributed by atoms with Crippen molar-refractivity contribution >= 4 is 40.6 Å². The maximum atomic E-state index is 13.6. The van der Waals surface area contributed by atoms with Gasteiger partial charge in [0.25, 0.3) is 0 Å². The van der Waals surface area contributed by atoms with Crippen LogP contribution in [0, 0.1) is 5.82 Å². The lowest BCUT2D eigenvalue weighted by Gasteiger charge is -2.13. The summed E-state index contributed by atoms with van der Waals surface area (Å²) >= 11 is 6.42. The van der Waals surface area contributed by atoms with E-state index in [2.05, 4.69) is 5.32 Å². The molecule has 0 aromatic heterocycles. The van der Waals surface area contributed by atoms with Gasteiger partial charge in [0.05, 0.1) is 16.5 Å². The van der Waals surface area contributed by atoms with Gasteiger partial charge in [0, 0.05) is 0 Å². The fraction of sp³-hybridized carbons (Fsp3) is 0.333. The van der Waals surface area contributed by atoms with Gasteiger partial charge in [-0.05, 0) is 30.7 Å². The summed E-state index contributed by atoms with van der Waals surface area (Å²) in [5, 5.41) is 2.64. The molecular formula is C12H13FN2OS2. The van der Waals surface area contributed by atoms with Crippen LogP contribution in [0.3, 0.4) is 0 Å². The molecule has 0 aliphatic carbocycles. The number of anilines is 1. The lowest BCUT2D eigenvalue weighted by atomic mass is 10.1. The Hall–Kier alpha value is -1.14. The number of benzene rings is 1. The molecule has 1 saturated heterocycles. The first-order valence-corrected chi connectivity index (χ1v) is 7.06. The Balaban J connectivity index is 2.20. The fourth-order valence-corrected chi connectivity index (χ4v) is 3.25. The van der Waals surface area contributed by atoms with Crippen molar-refractivity contribution in [3.8, 4) is 0 Å². The highest BCUT2D eigenvalue weighted by Crippen LogP contribution is 2.28. The van der Waals surface area contributed by atoms with Gasteiger partial charge in [-0.25, -0.2) is 4.39 Å². The lowest BCUT2D eigenvalue weighted by molar-refractivity contribution is -0.115. The van der Waals surface area contributed by atoms with Crippen molar-refractivity contribution in [2.75, 3.05) is 11.1 Å². The van der Waals surface area contributed by atoms with Crippen LogP contribution >= 0.6 is 24.0 Å². The minimum atomic E-state index is -0.514. The second-order valence-electron chi connectivity index (χ2n) is 4.02. The average molecular weight is 284 g/mol. The van der Waals surface area contributed by atoms with Crippen molar-refractivity contribution in [3.63, 3.8) is 0 Å². The molecule has 1 aliphatic heterocycles. The highest BCUT2D eigenvalue weighted by molar-refractivity contribution is 8.00. The van der Waals surface area contributed by atoms with E-state index >= 15 is 0 Å². The minimum absolute atomic E-state index is 0.0533. The van der Waals surface area contributed by atoms with Gasteiger partial charge in [-0.1, -0.05) is 18.3 Å². The second-order valence-corrected chi connectivity index (χ2v) is 5.77. The predicted octanol–water partition coefficient (Wildman–Crippen LogP) is 2.29. The summed E-state index contributed by atoms with van der Waals surface area (Å²) in [4.78, 5) is 11.9. The molecule has 0 spiro atoms. The summed E-state index contributed by atoms with van der Waals surface area (Å²) < 4.78 is 13.6. The van der Waals surface area contributed by atoms with Gasteiger partial charge < -0.3 is 11.1 Å². The number of carbonyl (C=O) groups is 1. The molecule has 6 heteroatoms. The SMILES string of the molecule is NC(=S)c1c(F)cccc1NC(=O)C1CCCS1. The summed E-state index contributed by atoms with van der Waals surface area (Å²) in [6.07, 6.45) is 1.89. The van der Waals surface area contributed by atoms with E-state index in [9.17, 15) is 9.18 Å². The lowest BCUT2D eigenvalue weighted by Crippen LogP contribution is -2.25. The number of hydrogen-bond acceptors (Lipinski definition) is 3. The van der Waals surface area contributed by atoms with Gasteiger partial charge in [-0.15, -0.1) is 11.8 Å². The third-order valence-electron chi connectivity index (χ3n) is 2.74. The standard InChI is InChI=1S/C12H13FN2OS2/c13-7-3-1-4-8(10(7)11(14)17)15-12(16)9-5-2-6-18-9/h1,3-4,9H,2,5-6H2,(H2,14,17)(H,15,16). The molecule has 1 fully saturated rings. The Labute approximate surface area is 114 Å². The van der Waals surface area contributed by atoms with E-state index in [-0.39, 0.29) is 21.7 Å². The molecule has 1 unspecified atom stereocenters. The largest absolute Gasteiger partial charge is 0.389 e. The number of thioether (sulfide) groups is 1. The summed E-state index contributed by atoms with van der Waals surface area (Å²) in [7, 11) is 0. The zero-order chi connectivity index (χ0) is 13.1. The molecule has 3 N–H and O–H groups in total. The third kappa shape index (κ3) is 2.81. The van der Waals surface area contributed by atoms with Gasteiger partial charge in [0.15, 0.2) is 0 Å². The summed E-state index contributed by atoms with van der Waals surface area (Å²) in [5.41, 5.74) is 5.93. The molecule has 0 saturated carbocycles. The van der Waals surface area contributed by atoms with Gasteiger partial charge >= 0.3 is 0 Å². The summed E-state index contributed by atoms with van der Waals surface area (Å²) in [6, 6.07) is 4.40. The van der Waals surface area contributed by atoms with E-state index in [1.807, 2.05) is 0 Å². The predicted molar refractivity (Wildman–Crippen MR) is 76.4 cm³/mol. The molecule has 0 bridgehead atoms. The maximum Gasteiger partial charge on any atom is 0.237 e. The van der Waals surface area contributed by atoms with Gasteiger partial charge in [-0.2, -0.15) is 0 Å². The molecule has 1 atom stereocenters. The molecule has 1 aromatic carbocycles. The van der Waals surface area contributed by atoms with E-state index in [0.717, 1.165) is 18.6 Å². The van der Waals surface area contributed by atoms with Crippen LogP contribution in [0.4, 0.5) is 10.1 Å². The van der Waals surface area contributed by atoms with Crippen molar-refractivity contribution in [3.05, 3.63) is 29.6 Å². The van der Waals surface area contributed by atoms with Crippen LogP contribution in [0.15, 0.2) is 18.2 Å². The number of rotatable bonds is 3. The highest BCUT2D eigenvalue weighted by atomic mass is 32.2. The zero-order valence-electron chi connectivity index (χ0n) is 9.61. The first-order valence-electron chi connectivity index (χ1n) is 5.60. The van der Waals surface area contributed by atoms with E-state index in [0.29, 0.717) is 5.69 Å². The molecule has 1 amide bonds. The van der Waals surface area contributed by atoms with Crippen LogP contribution in [-0.2, 0) is 4.79 Å². The average Bonchev–Trinajstić information content (AvgIpc) is 2.81. The van der Waals surface area contributed by atoms with Gasteiger partial charge in [0.1, 0.15) is 10.8 Å². The first kappa shape index (κ1) is 13.3. The normalized spacial score (nSPS) is 18.6. The molecule has 3 nitrogen and oxygen atoms in total. The van der Waals surface area contributed by atoms with Crippen LogP contribution < -0.4 is 11.1 Å². The van der Waals surface area contributed by atoms with Crippen molar-refractivity contribution in [1.29, 1.82) is 0 Å². The number of halogens is 1. The van der Waals surface area contributed by atoms with Crippen LogP contribution in [0.5, 0.6) is 0 Å². The second kappa shape index (κ2) is 5.67. The molecular weight excluding hydrogens is 271 g/mol. The fourth-order valence-electron chi connectivity index (χ4n) is 1.88. The van der Waals surface area contributed by atoms with Crippen molar-refractivity contribution in [2.45, 2.75) is 18.1 Å². The van der Waals surface area contributed by atoms with E-state index in [1.54, 1.807) is 17.8 Å². The third-order valence-corrected chi connectivity index (χ3v) is 4.32. The van der Waals surface area contributed by atoms with Crippen LogP contribution in [0.25, 0.3) is 0 Å². The molecule has 96 valence electrons. The molecule has 0 radical (unpaired) electrons. The molecule has 1 aliphatic rings. The Morgan fingerprint density at radius 3 is 2.94 bits per heavy atom. The molecule has 2 rings (SSSR count). The van der Waals surface area contributed by atoms with Crippen molar-refractivity contribution in [2.24, 2.45) is 5.73 Å². The van der Waals surface area contributed by atoms with E-state index < -0.39 is 5.82 Å². The number of hydrogen-bond donors (Lipinski definition) is 2. The van der Waals surface area contributed by atoms with Crippen LogP contribution in [0.2, 0.25) is 0 Å². The topological polar surface area (TPSA) is 55.1 Å². The van der Waals surface area contributed by atoms with Gasteiger partial charge in [0.2, 0.25) is 5.91 Å². The zero-order valence-corrected chi connectivity index (χ0v) is 11.2.